The maximum absolute atomic E-state index is 12.3. The third-order valence-corrected chi connectivity index (χ3v) is 5.33. The zero-order chi connectivity index (χ0) is 14.7. The Hall–Kier alpha value is -1.11. The minimum atomic E-state index is -3.40. The Bertz CT molecular complexity index is 580. The molecule has 0 heterocycles. The molecular weight excluding hydrogens is 286 g/mol. The van der Waals surface area contributed by atoms with E-state index in [4.69, 9.17) is 0 Å². The second-order valence-electron chi connectivity index (χ2n) is 5.90. The maximum Gasteiger partial charge on any atom is 0.242 e. The summed E-state index contributed by atoms with van der Waals surface area (Å²) in [5, 5.41) is 6.70. The van der Waals surface area contributed by atoms with Gasteiger partial charge >= 0.3 is 0 Å². The van der Waals surface area contributed by atoms with Crippen molar-refractivity contribution in [2.75, 3.05) is 18.4 Å². The summed E-state index contributed by atoms with van der Waals surface area (Å²) in [7, 11) is -3.40. The minimum absolute atomic E-state index is 0.130. The predicted octanol–water partition coefficient (Wildman–Crippen LogP) is 1.68. The van der Waals surface area contributed by atoms with Gasteiger partial charge < -0.3 is 10.6 Å². The van der Waals surface area contributed by atoms with Crippen molar-refractivity contribution in [2.45, 2.75) is 49.1 Å². The van der Waals surface area contributed by atoms with E-state index in [9.17, 15) is 8.42 Å². The summed E-state index contributed by atoms with van der Waals surface area (Å²) < 4.78 is 27.4. The molecule has 0 aromatic heterocycles. The van der Waals surface area contributed by atoms with E-state index in [2.05, 4.69) is 15.4 Å². The van der Waals surface area contributed by atoms with Crippen LogP contribution in [0.3, 0.4) is 0 Å². The Kier molecular flexibility index (Phi) is 4.47. The monoisotopic (exact) mass is 309 g/mol. The molecule has 1 aromatic carbocycles. The number of rotatable bonds is 9. The lowest BCUT2D eigenvalue weighted by molar-refractivity contribution is 0.581. The van der Waals surface area contributed by atoms with Crippen LogP contribution in [-0.2, 0) is 10.0 Å². The molecule has 6 heteroatoms. The van der Waals surface area contributed by atoms with Crippen LogP contribution < -0.4 is 15.4 Å². The van der Waals surface area contributed by atoms with Gasteiger partial charge in [0.2, 0.25) is 10.0 Å². The van der Waals surface area contributed by atoms with E-state index < -0.39 is 10.0 Å². The second kappa shape index (κ2) is 6.34. The van der Waals surface area contributed by atoms with Crippen LogP contribution in [0, 0.1) is 0 Å². The van der Waals surface area contributed by atoms with Crippen molar-refractivity contribution in [2.24, 2.45) is 0 Å². The SMILES string of the molecule is O=S(=O)(NC1CC1)c1ccccc1NCCCNC1CC1. The molecule has 1 aromatic rings. The Morgan fingerprint density at radius 2 is 1.71 bits per heavy atom. The molecule has 2 aliphatic carbocycles. The standard InChI is InChI=1S/C15H23N3O2S/c19-21(20,18-13-8-9-13)15-5-2-1-4-14(15)17-11-3-10-16-12-6-7-12/h1-2,4-5,12-13,16-18H,3,6-11H2. The van der Waals surface area contributed by atoms with Gasteiger partial charge in [-0.3, -0.25) is 0 Å². The van der Waals surface area contributed by atoms with E-state index in [1.807, 2.05) is 12.1 Å². The Balaban J connectivity index is 1.56. The number of sulfonamides is 1. The van der Waals surface area contributed by atoms with Crippen LogP contribution in [0.5, 0.6) is 0 Å². The van der Waals surface area contributed by atoms with E-state index in [1.165, 1.54) is 12.8 Å². The van der Waals surface area contributed by atoms with Gasteiger partial charge in [0.1, 0.15) is 4.90 Å². The summed E-state index contributed by atoms with van der Waals surface area (Å²) in [5.74, 6) is 0. The molecular formula is C15H23N3O2S. The van der Waals surface area contributed by atoms with Crippen molar-refractivity contribution in [1.82, 2.24) is 10.0 Å². The zero-order valence-corrected chi connectivity index (χ0v) is 13.0. The second-order valence-corrected chi connectivity index (χ2v) is 7.58. The zero-order valence-electron chi connectivity index (χ0n) is 12.1. The van der Waals surface area contributed by atoms with Crippen molar-refractivity contribution in [3.63, 3.8) is 0 Å². The molecule has 5 nitrogen and oxygen atoms in total. The molecule has 0 unspecified atom stereocenters. The molecule has 21 heavy (non-hydrogen) atoms. The Morgan fingerprint density at radius 1 is 1.00 bits per heavy atom. The highest BCUT2D eigenvalue weighted by atomic mass is 32.2. The molecule has 0 aliphatic heterocycles. The summed E-state index contributed by atoms with van der Waals surface area (Å²) in [6.07, 6.45) is 5.47. The smallest absolute Gasteiger partial charge is 0.242 e. The maximum atomic E-state index is 12.3. The average Bonchev–Trinajstić information content (AvgIpc) is 3.34. The Morgan fingerprint density at radius 3 is 2.43 bits per heavy atom. The van der Waals surface area contributed by atoms with Crippen LogP contribution >= 0.6 is 0 Å². The molecule has 3 N–H and O–H groups in total. The number of hydrogen-bond donors (Lipinski definition) is 3. The van der Waals surface area contributed by atoms with Crippen LogP contribution in [0.2, 0.25) is 0 Å². The third kappa shape index (κ3) is 4.43. The average molecular weight is 309 g/mol. The van der Waals surface area contributed by atoms with E-state index in [0.717, 1.165) is 38.4 Å². The number of hydrogen-bond acceptors (Lipinski definition) is 4. The molecule has 2 aliphatic rings. The van der Waals surface area contributed by atoms with E-state index in [1.54, 1.807) is 12.1 Å². The van der Waals surface area contributed by atoms with Gasteiger partial charge in [0.15, 0.2) is 0 Å². The molecule has 0 atom stereocenters. The van der Waals surface area contributed by atoms with Crippen molar-refractivity contribution < 1.29 is 8.42 Å². The third-order valence-electron chi connectivity index (χ3n) is 3.76. The number of para-hydroxylation sites is 1. The lowest BCUT2D eigenvalue weighted by Gasteiger charge is -2.13. The van der Waals surface area contributed by atoms with Crippen molar-refractivity contribution in [3.05, 3.63) is 24.3 Å². The van der Waals surface area contributed by atoms with Crippen molar-refractivity contribution >= 4 is 15.7 Å². The quantitative estimate of drug-likeness (QED) is 0.607. The number of nitrogens with one attached hydrogen (secondary N) is 3. The molecule has 116 valence electrons. The fraction of sp³-hybridized carbons (Fsp3) is 0.600. The fourth-order valence-corrected chi connectivity index (χ4v) is 3.73. The molecule has 0 saturated heterocycles. The first-order valence-electron chi connectivity index (χ1n) is 7.74. The van der Waals surface area contributed by atoms with E-state index >= 15 is 0 Å². The highest BCUT2D eigenvalue weighted by Gasteiger charge is 2.29. The molecule has 0 radical (unpaired) electrons. The summed E-state index contributed by atoms with van der Waals surface area (Å²) in [6, 6.07) is 7.97. The van der Waals surface area contributed by atoms with Gasteiger partial charge in [0.25, 0.3) is 0 Å². The molecule has 0 bridgehead atoms. The normalized spacial score (nSPS) is 18.7. The predicted molar refractivity (Wildman–Crippen MR) is 83.9 cm³/mol. The molecule has 2 saturated carbocycles. The van der Waals surface area contributed by atoms with Gasteiger partial charge in [-0.25, -0.2) is 13.1 Å². The topological polar surface area (TPSA) is 70.2 Å². The molecule has 0 spiro atoms. The van der Waals surface area contributed by atoms with E-state index in [0.29, 0.717) is 10.6 Å². The summed E-state index contributed by atoms with van der Waals surface area (Å²) in [5.41, 5.74) is 0.692. The van der Waals surface area contributed by atoms with Crippen LogP contribution in [-0.4, -0.2) is 33.6 Å². The van der Waals surface area contributed by atoms with Crippen LogP contribution in [0.4, 0.5) is 5.69 Å². The minimum Gasteiger partial charge on any atom is -0.384 e. The van der Waals surface area contributed by atoms with Gasteiger partial charge in [-0.05, 0) is 50.8 Å². The van der Waals surface area contributed by atoms with Gasteiger partial charge in [0.05, 0.1) is 5.69 Å². The van der Waals surface area contributed by atoms with E-state index in [-0.39, 0.29) is 6.04 Å². The lowest BCUT2D eigenvalue weighted by Crippen LogP contribution is -2.26. The number of anilines is 1. The largest absolute Gasteiger partial charge is 0.384 e. The van der Waals surface area contributed by atoms with Crippen molar-refractivity contribution in [3.8, 4) is 0 Å². The Labute approximate surface area is 126 Å². The molecule has 0 amide bonds. The first kappa shape index (κ1) is 14.8. The first-order valence-corrected chi connectivity index (χ1v) is 9.22. The van der Waals surface area contributed by atoms with Gasteiger partial charge in [-0.1, -0.05) is 12.1 Å². The highest BCUT2D eigenvalue weighted by molar-refractivity contribution is 7.89. The highest BCUT2D eigenvalue weighted by Crippen LogP contribution is 2.25. The molecule has 2 fully saturated rings. The van der Waals surface area contributed by atoms with Gasteiger partial charge in [-0.15, -0.1) is 0 Å². The summed E-state index contributed by atoms with van der Waals surface area (Å²) in [4.78, 5) is 0.354. The summed E-state index contributed by atoms with van der Waals surface area (Å²) in [6.45, 7) is 1.75. The van der Waals surface area contributed by atoms with Gasteiger partial charge in [0, 0.05) is 18.6 Å². The van der Waals surface area contributed by atoms with Gasteiger partial charge in [-0.2, -0.15) is 0 Å². The van der Waals surface area contributed by atoms with Crippen LogP contribution in [0.25, 0.3) is 0 Å². The fourth-order valence-electron chi connectivity index (χ4n) is 2.24. The lowest BCUT2D eigenvalue weighted by atomic mass is 10.3. The van der Waals surface area contributed by atoms with Crippen LogP contribution in [0.15, 0.2) is 29.2 Å². The number of benzene rings is 1. The van der Waals surface area contributed by atoms with Crippen molar-refractivity contribution in [1.29, 1.82) is 0 Å². The van der Waals surface area contributed by atoms with Crippen LogP contribution in [0.1, 0.15) is 32.1 Å². The summed E-state index contributed by atoms with van der Waals surface area (Å²) >= 11 is 0. The molecule has 3 rings (SSSR count). The first-order chi connectivity index (χ1) is 10.1.